The van der Waals surface area contributed by atoms with Crippen molar-refractivity contribution < 1.29 is 9.21 Å². The van der Waals surface area contributed by atoms with Gasteiger partial charge in [0.25, 0.3) is 5.91 Å². The van der Waals surface area contributed by atoms with Gasteiger partial charge in [-0.15, -0.1) is 11.3 Å². The molecule has 0 unspecified atom stereocenters. The van der Waals surface area contributed by atoms with Crippen molar-refractivity contribution in [3.05, 3.63) is 75.5 Å². The van der Waals surface area contributed by atoms with E-state index in [2.05, 4.69) is 47.3 Å². The molecule has 1 amide bonds. The van der Waals surface area contributed by atoms with E-state index in [-0.39, 0.29) is 11.9 Å². The van der Waals surface area contributed by atoms with Crippen LogP contribution in [0.25, 0.3) is 0 Å². The van der Waals surface area contributed by atoms with E-state index in [0.717, 1.165) is 46.6 Å². The molecule has 1 aliphatic rings. The monoisotopic (exact) mass is 429 g/mol. The van der Waals surface area contributed by atoms with Gasteiger partial charge in [0.2, 0.25) is 0 Å². The maximum atomic E-state index is 12.6. The summed E-state index contributed by atoms with van der Waals surface area (Å²) in [6, 6.07) is 13.6. The highest BCUT2D eigenvalue weighted by Crippen LogP contribution is 2.39. The number of carbonyl (C=O) groups excluding carboxylic acids is 1. The lowest BCUT2D eigenvalue weighted by atomic mass is 9.97. The van der Waals surface area contributed by atoms with Crippen molar-refractivity contribution in [2.24, 2.45) is 0 Å². The summed E-state index contributed by atoms with van der Waals surface area (Å²) in [5.41, 5.74) is 2.28. The number of anilines is 1. The van der Waals surface area contributed by atoms with Gasteiger partial charge in [0.15, 0.2) is 5.76 Å². The zero-order valence-corrected chi connectivity index (χ0v) is 18.1. The van der Waals surface area contributed by atoms with E-state index in [1.54, 1.807) is 23.5 Å². The highest BCUT2D eigenvalue weighted by atomic mass is 35.5. The smallest absolute Gasteiger partial charge is 0.291 e. The molecule has 2 aromatic heterocycles. The lowest BCUT2D eigenvalue weighted by Gasteiger charge is -2.38. The zero-order chi connectivity index (χ0) is 20.4. The van der Waals surface area contributed by atoms with Crippen LogP contribution in [0, 0.1) is 6.92 Å². The molecule has 1 N–H and O–H groups in total. The molecule has 5 nitrogen and oxygen atoms in total. The van der Waals surface area contributed by atoms with E-state index in [9.17, 15) is 4.79 Å². The van der Waals surface area contributed by atoms with Gasteiger partial charge >= 0.3 is 0 Å². The molecule has 152 valence electrons. The fourth-order valence-electron chi connectivity index (χ4n) is 3.72. The number of aryl methyl sites for hydroxylation is 1. The van der Waals surface area contributed by atoms with Crippen LogP contribution < -0.4 is 5.32 Å². The summed E-state index contributed by atoms with van der Waals surface area (Å²) >= 11 is 7.74. The third-order valence-electron chi connectivity index (χ3n) is 5.24. The summed E-state index contributed by atoms with van der Waals surface area (Å²) in [5.74, 6) is 0.0796. The Kier molecular flexibility index (Phi) is 6.06. The number of furan rings is 1. The fraction of sp³-hybridized carbons (Fsp3) is 0.318. The molecule has 3 heterocycles. The minimum atomic E-state index is -0.230. The first-order valence-electron chi connectivity index (χ1n) is 9.64. The number of hydrogen-bond donors (Lipinski definition) is 1. The number of amides is 1. The number of carbonyl (C=O) groups is 1. The summed E-state index contributed by atoms with van der Waals surface area (Å²) in [6.45, 7) is 6.02. The van der Waals surface area contributed by atoms with Gasteiger partial charge in [-0.25, -0.2) is 0 Å². The van der Waals surface area contributed by atoms with Gasteiger partial charge in [0.1, 0.15) is 5.00 Å². The van der Waals surface area contributed by atoms with Gasteiger partial charge in [-0.3, -0.25) is 9.69 Å². The van der Waals surface area contributed by atoms with Crippen molar-refractivity contribution in [2.75, 3.05) is 38.5 Å². The molecule has 1 fully saturated rings. The van der Waals surface area contributed by atoms with Crippen LogP contribution in [-0.2, 0) is 0 Å². The van der Waals surface area contributed by atoms with Gasteiger partial charge in [0.05, 0.1) is 12.3 Å². The maximum absolute atomic E-state index is 12.6. The second-order valence-corrected chi connectivity index (χ2v) is 9.06. The van der Waals surface area contributed by atoms with Crippen molar-refractivity contribution in [2.45, 2.75) is 13.0 Å². The molecule has 0 saturated carbocycles. The molecule has 0 spiro atoms. The number of halogens is 1. The van der Waals surface area contributed by atoms with Gasteiger partial charge in [0, 0.05) is 41.6 Å². The molecule has 29 heavy (non-hydrogen) atoms. The van der Waals surface area contributed by atoms with E-state index in [1.807, 2.05) is 12.1 Å². The number of rotatable bonds is 5. The summed E-state index contributed by atoms with van der Waals surface area (Å²) in [7, 11) is 2.15. The Morgan fingerprint density at radius 3 is 2.55 bits per heavy atom. The van der Waals surface area contributed by atoms with E-state index in [0.29, 0.717) is 5.76 Å². The van der Waals surface area contributed by atoms with Crippen LogP contribution in [0.4, 0.5) is 5.00 Å². The summed E-state index contributed by atoms with van der Waals surface area (Å²) in [6.07, 6.45) is 1.51. The first kappa shape index (κ1) is 20.2. The maximum Gasteiger partial charge on any atom is 0.291 e. The highest BCUT2D eigenvalue weighted by molar-refractivity contribution is 7.16. The minimum absolute atomic E-state index is 0.0535. The number of nitrogens with one attached hydrogen (secondary N) is 1. The molecular formula is C22H24ClN3O2S. The standard InChI is InChI=1S/C22H24ClN3O2S/c1-15-14-18(22(29-15)24-21(27)19-4-3-13-28-19)20(16-5-7-17(23)8-6-16)26-11-9-25(2)10-12-26/h3-8,13-14,20H,9-12H2,1-2H3,(H,24,27)/t20-/m1/s1. The van der Waals surface area contributed by atoms with Crippen LogP contribution in [0.15, 0.2) is 53.1 Å². The number of nitrogens with zero attached hydrogens (tertiary/aromatic N) is 2. The molecule has 3 aromatic rings. The third kappa shape index (κ3) is 4.56. The molecule has 1 aliphatic heterocycles. The Balaban J connectivity index is 1.70. The predicted octanol–water partition coefficient (Wildman–Crippen LogP) is 4.89. The van der Waals surface area contributed by atoms with Crippen molar-refractivity contribution in [1.82, 2.24) is 9.80 Å². The minimum Gasteiger partial charge on any atom is -0.459 e. The van der Waals surface area contributed by atoms with E-state index in [1.165, 1.54) is 11.8 Å². The Labute approximate surface area is 179 Å². The Morgan fingerprint density at radius 2 is 1.90 bits per heavy atom. The Hall–Kier alpha value is -2.12. The highest BCUT2D eigenvalue weighted by Gasteiger charge is 2.29. The molecule has 0 radical (unpaired) electrons. The first-order chi connectivity index (χ1) is 14.0. The van der Waals surface area contributed by atoms with Crippen molar-refractivity contribution >= 4 is 33.8 Å². The van der Waals surface area contributed by atoms with Gasteiger partial charge < -0.3 is 14.6 Å². The molecule has 1 atom stereocenters. The summed E-state index contributed by atoms with van der Waals surface area (Å²) < 4.78 is 5.26. The van der Waals surface area contributed by atoms with E-state index < -0.39 is 0 Å². The molecule has 4 rings (SSSR count). The van der Waals surface area contributed by atoms with E-state index in [4.69, 9.17) is 16.0 Å². The van der Waals surface area contributed by atoms with E-state index >= 15 is 0 Å². The first-order valence-corrected chi connectivity index (χ1v) is 10.8. The normalized spacial score (nSPS) is 16.7. The number of benzene rings is 1. The molecule has 7 heteroatoms. The van der Waals surface area contributed by atoms with Crippen molar-refractivity contribution in [3.8, 4) is 0 Å². The second kappa shape index (κ2) is 8.71. The van der Waals surface area contributed by atoms with Crippen molar-refractivity contribution in [1.29, 1.82) is 0 Å². The summed E-state index contributed by atoms with van der Waals surface area (Å²) in [4.78, 5) is 18.6. The number of likely N-dealkylation sites (N-methyl/N-ethyl adjacent to an activating group) is 1. The summed E-state index contributed by atoms with van der Waals surface area (Å²) in [5, 5.41) is 4.65. The predicted molar refractivity (Wildman–Crippen MR) is 118 cm³/mol. The number of piperazine rings is 1. The molecule has 0 bridgehead atoms. The molecular weight excluding hydrogens is 406 g/mol. The Morgan fingerprint density at radius 1 is 1.17 bits per heavy atom. The average molecular weight is 430 g/mol. The van der Waals surface area contributed by atoms with Crippen LogP contribution in [0.3, 0.4) is 0 Å². The molecule has 0 aliphatic carbocycles. The van der Waals surface area contributed by atoms with Gasteiger partial charge in [-0.2, -0.15) is 0 Å². The zero-order valence-electron chi connectivity index (χ0n) is 16.5. The van der Waals surface area contributed by atoms with Crippen LogP contribution in [-0.4, -0.2) is 48.9 Å². The molecule has 1 saturated heterocycles. The average Bonchev–Trinajstić information content (AvgIpc) is 3.35. The second-order valence-electron chi connectivity index (χ2n) is 7.37. The van der Waals surface area contributed by atoms with Crippen LogP contribution in [0.1, 0.15) is 32.6 Å². The topological polar surface area (TPSA) is 48.7 Å². The largest absolute Gasteiger partial charge is 0.459 e. The lowest BCUT2D eigenvalue weighted by Crippen LogP contribution is -2.46. The van der Waals surface area contributed by atoms with Crippen LogP contribution in [0.5, 0.6) is 0 Å². The lowest BCUT2D eigenvalue weighted by molar-refractivity contribution is 0.0996. The van der Waals surface area contributed by atoms with Crippen LogP contribution >= 0.6 is 22.9 Å². The SMILES string of the molecule is Cc1cc([C@@H](c2ccc(Cl)cc2)N2CCN(C)CC2)c(NC(=O)c2ccco2)s1. The third-order valence-corrected chi connectivity index (χ3v) is 6.47. The van der Waals surface area contributed by atoms with Gasteiger partial charge in [-0.05, 0) is 49.9 Å². The Bertz CT molecular complexity index is 961. The van der Waals surface area contributed by atoms with Crippen LogP contribution in [0.2, 0.25) is 5.02 Å². The fourth-order valence-corrected chi connectivity index (χ4v) is 4.79. The molecule has 1 aromatic carbocycles. The number of hydrogen-bond acceptors (Lipinski definition) is 5. The number of thiophene rings is 1. The van der Waals surface area contributed by atoms with Crippen molar-refractivity contribution in [3.63, 3.8) is 0 Å². The van der Waals surface area contributed by atoms with Gasteiger partial charge in [-0.1, -0.05) is 23.7 Å². The quantitative estimate of drug-likeness (QED) is 0.627.